The smallest absolute Gasteiger partial charge is 0.0434 e. The summed E-state index contributed by atoms with van der Waals surface area (Å²) in [6.07, 6.45) is 7.13. The Morgan fingerprint density at radius 1 is 1.20 bits per heavy atom. The molecule has 0 spiro atoms. The maximum absolute atomic E-state index is 9.12. The summed E-state index contributed by atoms with van der Waals surface area (Å²) in [7, 11) is 0. The van der Waals surface area contributed by atoms with Crippen LogP contribution in [-0.2, 0) is 12.8 Å². The van der Waals surface area contributed by atoms with Crippen molar-refractivity contribution in [2.24, 2.45) is 5.92 Å². The van der Waals surface area contributed by atoms with E-state index in [9.17, 15) is 0 Å². The fourth-order valence-electron chi connectivity index (χ4n) is 3.26. The highest BCUT2D eigenvalue weighted by molar-refractivity contribution is 5.36. The molecule has 2 nitrogen and oxygen atoms in total. The maximum Gasteiger partial charge on any atom is 0.0434 e. The van der Waals surface area contributed by atoms with Crippen molar-refractivity contribution in [1.29, 1.82) is 0 Å². The topological polar surface area (TPSA) is 32.3 Å². The summed E-state index contributed by atoms with van der Waals surface area (Å²) in [5.41, 5.74) is 4.51. The van der Waals surface area contributed by atoms with E-state index in [4.69, 9.17) is 5.11 Å². The van der Waals surface area contributed by atoms with Gasteiger partial charge >= 0.3 is 0 Å². The molecule has 0 fully saturated rings. The minimum Gasteiger partial charge on any atom is -0.396 e. The van der Waals surface area contributed by atoms with Gasteiger partial charge in [0.15, 0.2) is 0 Å². The lowest BCUT2D eigenvalue weighted by Crippen LogP contribution is -2.26. The third-order valence-electron chi connectivity index (χ3n) is 4.57. The number of aliphatic hydroxyl groups is 1. The summed E-state index contributed by atoms with van der Waals surface area (Å²) in [5.74, 6) is 0.599. The Morgan fingerprint density at radius 3 is 2.75 bits per heavy atom. The van der Waals surface area contributed by atoms with E-state index in [2.05, 4.69) is 37.4 Å². The molecular weight excluding hydrogens is 246 g/mol. The predicted molar refractivity (Wildman–Crippen MR) is 85.0 cm³/mol. The predicted octanol–water partition coefficient (Wildman–Crippen LogP) is 3.62. The molecule has 2 unspecified atom stereocenters. The fourth-order valence-corrected chi connectivity index (χ4v) is 3.26. The zero-order valence-electron chi connectivity index (χ0n) is 13.0. The van der Waals surface area contributed by atoms with Gasteiger partial charge in [-0.3, -0.25) is 0 Å². The molecule has 0 saturated heterocycles. The average Bonchev–Trinajstić information content (AvgIpc) is 2.92. The molecule has 0 bridgehead atoms. The Balaban J connectivity index is 1.89. The zero-order valence-corrected chi connectivity index (χ0v) is 13.0. The number of hydrogen-bond acceptors (Lipinski definition) is 2. The van der Waals surface area contributed by atoms with Crippen molar-refractivity contribution < 1.29 is 5.11 Å². The summed E-state index contributed by atoms with van der Waals surface area (Å²) in [6, 6.07) is 7.38. The molecule has 2 rings (SSSR count). The van der Waals surface area contributed by atoms with Crippen LogP contribution >= 0.6 is 0 Å². The van der Waals surface area contributed by atoms with Crippen molar-refractivity contribution in [2.75, 3.05) is 13.2 Å². The number of aryl methyl sites for hydroxylation is 2. The number of fused-ring (bicyclic) bond motifs is 1. The van der Waals surface area contributed by atoms with Crippen LogP contribution < -0.4 is 5.32 Å². The third kappa shape index (κ3) is 4.07. The van der Waals surface area contributed by atoms with E-state index in [1.165, 1.54) is 37.7 Å². The summed E-state index contributed by atoms with van der Waals surface area (Å²) in [6.45, 7) is 5.78. The van der Waals surface area contributed by atoms with Crippen LogP contribution in [-0.4, -0.2) is 18.3 Å². The van der Waals surface area contributed by atoms with Gasteiger partial charge in [-0.1, -0.05) is 31.5 Å². The quantitative estimate of drug-likeness (QED) is 0.759. The van der Waals surface area contributed by atoms with Gasteiger partial charge in [-0.2, -0.15) is 0 Å². The second-order valence-corrected chi connectivity index (χ2v) is 6.18. The molecule has 0 heterocycles. The summed E-state index contributed by atoms with van der Waals surface area (Å²) >= 11 is 0. The minimum atomic E-state index is 0.305. The van der Waals surface area contributed by atoms with E-state index in [1.54, 1.807) is 11.1 Å². The van der Waals surface area contributed by atoms with Gasteiger partial charge < -0.3 is 10.4 Å². The molecule has 2 N–H and O–H groups in total. The van der Waals surface area contributed by atoms with Crippen LogP contribution in [0, 0.1) is 5.92 Å². The molecule has 2 heteroatoms. The van der Waals surface area contributed by atoms with E-state index < -0.39 is 0 Å². The highest BCUT2D eigenvalue weighted by Gasteiger charge is 2.14. The van der Waals surface area contributed by atoms with Crippen molar-refractivity contribution in [2.45, 2.75) is 58.4 Å². The van der Waals surface area contributed by atoms with Gasteiger partial charge in [0.1, 0.15) is 0 Å². The molecule has 0 aliphatic heterocycles. The van der Waals surface area contributed by atoms with Gasteiger partial charge in [-0.15, -0.1) is 0 Å². The number of hydrogen-bond donors (Lipinski definition) is 2. The largest absolute Gasteiger partial charge is 0.396 e. The van der Waals surface area contributed by atoms with Crippen molar-refractivity contribution >= 4 is 0 Å². The van der Waals surface area contributed by atoms with Crippen molar-refractivity contribution in [3.63, 3.8) is 0 Å². The normalized spacial score (nSPS) is 16.9. The standard InChI is InChI=1S/C18H29NO/c1-3-5-15(10-11-20)13-19-14(2)17-9-8-16-6-4-7-18(16)12-17/h8-9,12,14-15,19-20H,3-7,10-11,13H2,1-2H3. The van der Waals surface area contributed by atoms with Crippen LogP contribution in [0.25, 0.3) is 0 Å². The maximum atomic E-state index is 9.12. The van der Waals surface area contributed by atoms with Crippen LogP contribution in [0.15, 0.2) is 18.2 Å². The molecule has 1 aromatic rings. The third-order valence-corrected chi connectivity index (χ3v) is 4.57. The van der Waals surface area contributed by atoms with E-state index in [0.717, 1.165) is 13.0 Å². The van der Waals surface area contributed by atoms with Crippen LogP contribution in [0.5, 0.6) is 0 Å². The molecule has 0 radical (unpaired) electrons. The molecule has 20 heavy (non-hydrogen) atoms. The summed E-state index contributed by atoms with van der Waals surface area (Å²) in [5, 5.41) is 12.8. The average molecular weight is 275 g/mol. The number of rotatable bonds is 8. The van der Waals surface area contributed by atoms with E-state index in [-0.39, 0.29) is 0 Å². The molecule has 1 aliphatic carbocycles. The second-order valence-electron chi connectivity index (χ2n) is 6.18. The Kier molecular flexibility index (Phi) is 6.06. The van der Waals surface area contributed by atoms with E-state index in [0.29, 0.717) is 18.6 Å². The molecule has 1 aliphatic rings. The molecule has 0 amide bonds. The Bertz CT molecular complexity index is 410. The first-order chi connectivity index (χ1) is 9.74. The van der Waals surface area contributed by atoms with E-state index in [1.807, 2.05) is 0 Å². The van der Waals surface area contributed by atoms with Gasteiger partial charge in [0, 0.05) is 12.6 Å². The fraction of sp³-hybridized carbons (Fsp3) is 0.667. The molecule has 112 valence electrons. The van der Waals surface area contributed by atoms with Crippen molar-refractivity contribution in [1.82, 2.24) is 5.32 Å². The lowest BCUT2D eigenvalue weighted by Gasteiger charge is -2.20. The number of aliphatic hydroxyl groups excluding tert-OH is 1. The number of nitrogens with one attached hydrogen (secondary N) is 1. The highest BCUT2D eigenvalue weighted by Crippen LogP contribution is 2.25. The number of benzene rings is 1. The summed E-state index contributed by atoms with van der Waals surface area (Å²) < 4.78 is 0. The SMILES string of the molecule is CCCC(CCO)CNC(C)c1ccc2c(c1)CCC2. The lowest BCUT2D eigenvalue weighted by molar-refractivity contribution is 0.246. The van der Waals surface area contributed by atoms with Crippen LogP contribution in [0.2, 0.25) is 0 Å². The van der Waals surface area contributed by atoms with Crippen molar-refractivity contribution in [3.8, 4) is 0 Å². The molecule has 0 saturated carbocycles. The lowest BCUT2D eigenvalue weighted by atomic mass is 9.98. The van der Waals surface area contributed by atoms with Gasteiger partial charge in [-0.05, 0) is 68.2 Å². The Hall–Kier alpha value is -0.860. The van der Waals surface area contributed by atoms with E-state index >= 15 is 0 Å². The first-order valence-corrected chi connectivity index (χ1v) is 8.20. The zero-order chi connectivity index (χ0) is 14.4. The Morgan fingerprint density at radius 2 is 2.00 bits per heavy atom. The van der Waals surface area contributed by atoms with Crippen LogP contribution in [0.3, 0.4) is 0 Å². The van der Waals surface area contributed by atoms with Gasteiger partial charge in [0.2, 0.25) is 0 Å². The van der Waals surface area contributed by atoms with Crippen molar-refractivity contribution in [3.05, 3.63) is 34.9 Å². The highest BCUT2D eigenvalue weighted by atomic mass is 16.3. The molecule has 0 aromatic heterocycles. The van der Waals surface area contributed by atoms with Gasteiger partial charge in [0.05, 0.1) is 0 Å². The minimum absolute atomic E-state index is 0.305. The first kappa shape index (κ1) is 15.5. The van der Waals surface area contributed by atoms with Gasteiger partial charge in [0.25, 0.3) is 0 Å². The first-order valence-electron chi connectivity index (χ1n) is 8.20. The molecule has 2 atom stereocenters. The van der Waals surface area contributed by atoms with Crippen LogP contribution in [0.1, 0.15) is 62.3 Å². The molecular formula is C18H29NO. The molecule has 1 aromatic carbocycles. The monoisotopic (exact) mass is 275 g/mol. The summed E-state index contributed by atoms with van der Waals surface area (Å²) in [4.78, 5) is 0. The second kappa shape index (κ2) is 7.80. The Labute approximate surface area is 123 Å². The van der Waals surface area contributed by atoms with Gasteiger partial charge in [-0.25, -0.2) is 0 Å². The van der Waals surface area contributed by atoms with Crippen LogP contribution in [0.4, 0.5) is 0 Å².